The number of aromatic nitrogens is 5. The zero-order valence-electron chi connectivity index (χ0n) is 22.8. The van der Waals surface area contributed by atoms with Crippen molar-refractivity contribution in [2.24, 2.45) is 0 Å². The highest BCUT2D eigenvalue weighted by molar-refractivity contribution is 5.60. The predicted octanol–water partition coefficient (Wildman–Crippen LogP) is 3.67. The molecule has 4 heterocycles. The number of anilines is 5. The molecule has 1 unspecified atom stereocenters. The van der Waals surface area contributed by atoms with Crippen molar-refractivity contribution in [3.05, 3.63) is 84.4 Å². The van der Waals surface area contributed by atoms with Crippen molar-refractivity contribution in [1.29, 1.82) is 0 Å². The van der Waals surface area contributed by atoms with Crippen molar-refractivity contribution in [3.63, 3.8) is 0 Å². The van der Waals surface area contributed by atoms with E-state index in [1.54, 1.807) is 6.33 Å². The lowest BCUT2D eigenvalue weighted by Gasteiger charge is -2.38. The maximum absolute atomic E-state index is 10.4. The Morgan fingerprint density at radius 3 is 2.17 bits per heavy atom. The van der Waals surface area contributed by atoms with Gasteiger partial charge in [0.15, 0.2) is 0 Å². The van der Waals surface area contributed by atoms with E-state index in [9.17, 15) is 5.11 Å². The molecule has 6 rings (SSSR count). The minimum absolute atomic E-state index is 0.512. The molecule has 2 N–H and O–H groups in total. The van der Waals surface area contributed by atoms with Gasteiger partial charge in [-0.2, -0.15) is 4.98 Å². The topological polar surface area (TPSA) is 106 Å². The molecule has 0 saturated carbocycles. The van der Waals surface area contributed by atoms with E-state index in [4.69, 9.17) is 0 Å². The van der Waals surface area contributed by atoms with E-state index in [0.29, 0.717) is 18.4 Å². The molecule has 10 heteroatoms. The Bertz CT molecular complexity index is 1390. The van der Waals surface area contributed by atoms with E-state index in [2.05, 4.69) is 81.3 Å². The molecule has 2 aromatic carbocycles. The molecule has 0 bridgehead atoms. The number of nitrogens with one attached hydrogen (secondary N) is 1. The van der Waals surface area contributed by atoms with Crippen molar-refractivity contribution in [2.45, 2.75) is 31.8 Å². The standard InChI is InChI=1S/C30H35N9O/c1-30(40)12-5-13-39(21-30)26-10-8-25(9-11-26)35-27-33-22-34-29(36-27)38-16-14-37(15-17-38)28-31-19-24(20-32-28)18-23-6-3-2-4-7-23/h2-4,6-11,19-20,22,40H,5,12-18,21H2,1H3,(H,33,34,35,36). The number of hydrogen-bond acceptors (Lipinski definition) is 10. The number of aliphatic hydroxyl groups is 1. The Kier molecular flexibility index (Phi) is 7.41. The van der Waals surface area contributed by atoms with Gasteiger partial charge in [0.05, 0.1) is 5.60 Å². The summed E-state index contributed by atoms with van der Waals surface area (Å²) in [5.74, 6) is 1.92. The fraction of sp³-hybridized carbons (Fsp3) is 0.367. The van der Waals surface area contributed by atoms with E-state index in [0.717, 1.165) is 74.9 Å². The SMILES string of the molecule is CC1(O)CCCN(c2ccc(Nc3ncnc(N4CCN(c5ncc(Cc6ccccc6)cn5)CC4)n3)cc2)C1. The fourth-order valence-electron chi connectivity index (χ4n) is 5.37. The maximum Gasteiger partial charge on any atom is 0.231 e. The lowest BCUT2D eigenvalue weighted by Crippen LogP contribution is -2.47. The molecule has 206 valence electrons. The van der Waals surface area contributed by atoms with Crippen molar-refractivity contribution < 1.29 is 5.11 Å². The van der Waals surface area contributed by atoms with Gasteiger partial charge in [0.1, 0.15) is 6.33 Å². The maximum atomic E-state index is 10.4. The van der Waals surface area contributed by atoms with Crippen molar-refractivity contribution in [3.8, 4) is 0 Å². The Morgan fingerprint density at radius 2 is 1.48 bits per heavy atom. The van der Waals surface area contributed by atoms with E-state index in [1.165, 1.54) is 5.56 Å². The molecule has 10 nitrogen and oxygen atoms in total. The summed E-state index contributed by atoms with van der Waals surface area (Å²) in [6.07, 6.45) is 8.06. The van der Waals surface area contributed by atoms with Gasteiger partial charge in [0, 0.05) is 69.5 Å². The molecular weight excluding hydrogens is 502 g/mol. The molecule has 2 aromatic heterocycles. The molecule has 0 radical (unpaired) electrons. The molecular formula is C30H35N9O. The summed E-state index contributed by atoms with van der Waals surface area (Å²) in [6, 6.07) is 18.6. The van der Waals surface area contributed by atoms with Gasteiger partial charge in [-0.05, 0) is 55.2 Å². The number of benzene rings is 2. The first kappa shape index (κ1) is 25.9. The second-order valence-corrected chi connectivity index (χ2v) is 10.8. The number of nitrogens with zero attached hydrogens (tertiary/aromatic N) is 8. The van der Waals surface area contributed by atoms with Crippen LogP contribution in [0.4, 0.5) is 29.2 Å². The van der Waals surface area contributed by atoms with E-state index in [1.807, 2.05) is 37.5 Å². The van der Waals surface area contributed by atoms with Crippen LogP contribution >= 0.6 is 0 Å². The van der Waals surface area contributed by atoms with Gasteiger partial charge in [0.2, 0.25) is 17.8 Å². The summed E-state index contributed by atoms with van der Waals surface area (Å²) in [5, 5.41) is 13.7. The Balaban J connectivity index is 1.03. The first-order chi connectivity index (χ1) is 19.5. The second-order valence-electron chi connectivity index (χ2n) is 10.8. The van der Waals surface area contributed by atoms with Crippen molar-refractivity contribution >= 4 is 29.2 Å². The summed E-state index contributed by atoms with van der Waals surface area (Å²) < 4.78 is 0. The van der Waals surface area contributed by atoms with E-state index >= 15 is 0 Å². The number of piperidine rings is 1. The summed E-state index contributed by atoms with van der Waals surface area (Å²) in [4.78, 5) is 29.3. The summed E-state index contributed by atoms with van der Waals surface area (Å²) in [5.41, 5.74) is 3.73. The largest absolute Gasteiger partial charge is 0.388 e. The molecule has 0 amide bonds. The molecule has 0 spiro atoms. The number of β-amino-alcohol motifs (C(OH)–C–C–N with tert-alkyl or cyclic N) is 1. The first-order valence-corrected chi connectivity index (χ1v) is 13.9. The molecule has 0 aliphatic carbocycles. The highest BCUT2D eigenvalue weighted by Gasteiger charge is 2.28. The molecule has 2 aliphatic rings. The third-order valence-corrected chi connectivity index (χ3v) is 7.51. The van der Waals surface area contributed by atoms with Crippen molar-refractivity contribution in [2.75, 3.05) is 59.3 Å². The quantitative estimate of drug-likeness (QED) is 0.363. The fourth-order valence-corrected chi connectivity index (χ4v) is 5.37. The normalized spacial score (nSPS) is 19.5. The zero-order valence-corrected chi connectivity index (χ0v) is 22.8. The predicted molar refractivity (Wildman–Crippen MR) is 157 cm³/mol. The van der Waals surface area contributed by atoms with Crippen LogP contribution in [0.1, 0.15) is 30.9 Å². The van der Waals surface area contributed by atoms with Gasteiger partial charge in [-0.25, -0.2) is 19.9 Å². The summed E-state index contributed by atoms with van der Waals surface area (Å²) >= 11 is 0. The lowest BCUT2D eigenvalue weighted by atomic mass is 9.95. The van der Waals surface area contributed by atoms with E-state index < -0.39 is 5.60 Å². The third kappa shape index (κ3) is 6.28. The van der Waals surface area contributed by atoms with Gasteiger partial charge in [-0.15, -0.1) is 0 Å². The van der Waals surface area contributed by atoms with Crippen LogP contribution in [0, 0.1) is 0 Å². The van der Waals surface area contributed by atoms with Crippen LogP contribution < -0.4 is 20.0 Å². The molecule has 40 heavy (non-hydrogen) atoms. The lowest BCUT2D eigenvalue weighted by molar-refractivity contribution is 0.0449. The number of piperazine rings is 1. The van der Waals surface area contributed by atoms with Crippen LogP contribution in [-0.2, 0) is 6.42 Å². The average Bonchev–Trinajstić information content (AvgIpc) is 2.98. The Labute approximate surface area is 234 Å². The monoisotopic (exact) mass is 537 g/mol. The van der Waals surface area contributed by atoms with Gasteiger partial charge < -0.3 is 25.1 Å². The van der Waals surface area contributed by atoms with Crippen LogP contribution in [0.2, 0.25) is 0 Å². The summed E-state index contributed by atoms with van der Waals surface area (Å²) in [7, 11) is 0. The minimum atomic E-state index is -0.637. The Morgan fingerprint density at radius 1 is 0.775 bits per heavy atom. The zero-order chi connectivity index (χ0) is 27.4. The smallest absolute Gasteiger partial charge is 0.231 e. The number of rotatable bonds is 7. The molecule has 2 saturated heterocycles. The third-order valence-electron chi connectivity index (χ3n) is 7.51. The highest BCUT2D eigenvalue weighted by atomic mass is 16.3. The molecule has 2 aliphatic heterocycles. The molecule has 4 aromatic rings. The van der Waals surface area contributed by atoms with Crippen LogP contribution in [0.15, 0.2) is 73.3 Å². The highest BCUT2D eigenvalue weighted by Crippen LogP contribution is 2.27. The van der Waals surface area contributed by atoms with Gasteiger partial charge in [0.25, 0.3) is 0 Å². The second kappa shape index (κ2) is 11.4. The Hall–Kier alpha value is -4.31. The average molecular weight is 538 g/mol. The molecule has 2 fully saturated rings. The number of hydrogen-bond donors (Lipinski definition) is 2. The van der Waals surface area contributed by atoms with Gasteiger partial charge in [-0.1, -0.05) is 30.3 Å². The van der Waals surface area contributed by atoms with Crippen LogP contribution in [0.3, 0.4) is 0 Å². The first-order valence-electron chi connectivity index (χ1n) is 13.9. The van der Waals surface area contributed by atoms with E-state index in [-0.39, 0.29) is 0 Å². The van der Waals surface area contributed by atoms with Gasteiger partial charge in [-0.3, -0.25) is 0 Å². The van der Waals surface area contributed by atoms with Crippen molar-refractivity contribution in [1.82, 2.24) is 24.9 Å². The minimum Gasteiger partial charge on any atom is -0.388 e. The van der Waals surface area contributed by atoms with Crippen LogP contribution in [0.5, 0.6) is 0 Å². The van der Waals surface area contributed by atoms with Crippen LogP contribution in [-0.4, -0.2) is 74.9 Å². The van der Waals surface area contributed by atoms with Gasteiger partial charge >= 0.3 is 0 Å². The molecule has 1 atom stereocenters. The van der Waals surface area contributed by atoms with Crippen LogP contribution in [0.25, 0.3) is 0 Å². The summed E-state index contributed by atoms with van der Waals surface area (Å²) in [6.45, 7) is 6.63.